The fraction of sp³-hybridized carbons (Fsp3) is 0.900. The summed E-state index contributed by atoms with van der Waals surface area (Å²) in [6.07, 6.45) is 0.828. The largest absolute Gasteiger partial charge is 0.395 e. The van der Waals surface area contributed by atoms with Crippen LogP contribution in [0, 0.1) is 0 Å². The summed E-state index contributed by atoms with van der Waals surface area (Å²) in [6.45, 7) is 5.02. The van der Waals surface area contributed by atoms with Crippen LogP contribution in [0.1, 0.15) is 13.3 Å². The summed E-state index contributed by atoms with van der Waals surface area (Å²) >= 11 is 0. The van der Waals surface area contributed by atoms with Crippen molar-refractivity contribution in [3.05, 3.63) is 0 Å². The van der Waals surface area contributed by atoms with E-state index in [-0.39, 0.29) is 12.5 Å². The molecular formula is C10H22N2O3. The van der Waals surface area contributed by atoms with Gasteiger partial charge in [0.2, 0.25) is 5.91 Å². The maximum atomic E-state index is 11.4. The number of hydrogen-bond donors (Lipinski definition) is 2. The Balaban J connectivity index is 3.52. The molecule has 0 radical (unpaired) electrons. The van der Waals surface area contributed by atoms with E-state index < -0.39 is 0 Å². The second-order valence-electron chi connectivity index (χ2n) is 3.29. The Morgan fingerprint density at radius 2 is 2.27 bits per heavy atom. The van der Waals surface area contributed by atoms with E-state index in [0.717, 1.165) is 13.0 Å². The van der Waals surface area contributed by atoms with E-state index in [4.69, 9.17) is 9.84 Å². The number of ether oxygens (including phenoxy) is 1. The van der Waals surface area contributed by atoms with Crippen molar-refractivity contribution in [2.24, 2.45) is 0 Å². The van der Waals surface area contributed by atoms with Crippen LogP contribution in [0.5, 0.6) is 0 Å². The Morgan fingerprint density at radius 3 is 2.80 bits per heavy atom. The second kappa shape index (κ2) is 9.89. The van der Waals surface area contributed by atoms with E-state index in [1.165, 1.54) is 0 Å². The molecule has 0 aromatic carbocycles. The number of amides is 1. The highest BCUT2D eigenvalue weighted by atomic mass is 16.5. The van der Waals surface area contributed by atoms with Gasteiger partial charge in [0.1, 0.15) is 0 Å². The summed E-state index contributed by atoms with van der Waals surface area (Å²) in [5.74, 6) is 0.00130. The predicted molar refractivity (Wildman–Crippen MR) is 58.7 cm³/mol. The summed E-state index contributed by atoms with van der Waals surface area (Å²) in [4.78, 5) is 13.3. The number of likely N-dealkylation sites (N-methyl/N-ethyl adjacent to an activating group) is 1. The molecule has 0 unspecified atom stereocenters. The number of carbonyl (C=O) groups is 1. The van der Waals surface area contributed by atoms with Gasteiger partial charge < -0.3 is 15.2 Å². The van der Waals surface area contributed by atoms with Crippen LogP contribution in [-0.4, -0.2) is 62.4 Å². The van der Waals surface area contributed by atoms with Gasteiger partial charge in [0.15, 0.2) is 0 Å². The van der Waals surface area contributed by atoms with Gasteiger partial charge in [-0.3, -0.25) is 9.69 Å². The minimum absolute atomic E-state index is 0.00130. The van der Waals surface area contributed by atoms with Crippen LogP contribution in [0.15, 0.2) is 0 Å². The van der Waals surface area contributed by atoms with Crippen LogP contribution in [0.25, 0.3) is 0 Å². The van der Waals surface area contributed by atoms with Crippen molar-refractivity contribution < 1.29 is 14.6 Å². The average molecular weight is 218 g/mol. The maximum absolute atomic E-state index is 11.4. The highest BCUT2D eigenvalue weighted by molar-refractivity contribution is 5.77. The van der Waals surface area contributed by atoms with Crippen LogP contribution in [-0.2, 0) is 9.53 Å². The molecule has 1 amide bonds. The van der Waals surface area contributed by atoms with Crippen molar-refractivity contribution >= 4 is 5.91 Å². The SMILES string of the molecule is CCN(CCO)CC(=O)NCCCOC. The lowest BCUT2D eigenvalue weighted by atomic mass is 10.4. The molecule has 0 aromatic heterocycles. The number of nitrogens with zero attached hydrogens (tertiary/aromatic N) is 1. The molecule has 0 heterocycles. The minimum atomic E-state index is 0.00130. The van der Waals surface area contributed by atoms with Crippen LogP contribution < -0.4 is 5.32 Å². The zero-order valence-corrected chi connectivity index (χ0v) is 9.66. The van der Waals surface area contributed by atoms with Gasteiger partial charge in [-0.1, -0.05) is 6.92 Å². The van der Waals surface area contributed by atoms with Crippen molar-refractivity contribution in [2.75, 3.05) is 46.5 Å². The second-order valence-corrected chi connectivity index (χ2v) is 3.29. The molecule has 0 rings (SSSR count). The molecule has 0 aromatic rings. The molecule has 0 aliphatic carbocycles. The first kappa shape index (κ1) is 14.3. The monoisotopic (exact) mass is 218 g/mol. The molecule has 0 bridgehead atoms. The van der Waals surface area contributed by atoms with E-state index >= 15 is 0 Å². The number of hydrogen-bond acceptors (Lipinski definition) is 4. The Morgan fingerprint density at radius 1 is 1.53 bits per heavy atom. The van der Waals surface area contributed by atoms with Crippen LogP contribution >= 0.6 is 0 Å². The summed E-state index contributed by atoms with van der Waals surface area (Å²) in [5, 5.41) is 11.5. The fourth-order valence-electron chi connectivity index (χ4n) is 1.19. The van der Waals surface area contributed by atoms with Crippen molar-refractivity contribution in [3.63, 3.8) is 0 Å². The first-order valence-electron chi connectivity index (χ1n) is 5.33. The molecule has 0 aliphatic rings. The highest BCUT2D eigenvalue weighted by Gasteiger charge is 2.07. The summed E-state index contributed by atoms with van der Waals surface area (Å²) in [5.41, 5.74) is 0. The van der Waals surface area contributed by atoms with Gasteiger partial charge in [-0.15, -0.1) is 0 Å². The van der Waals surface area contributed by atoms with Crippen LogP contribution in [0.4, 0.5) is 0 Å². The predicted octanol–water partition coefficient (Wildman–Crippen LogP) is -0.547. The summed E-state index contributed by atoms with van der Waals surface area (Å²) in [6, 6.07) is 0. The van der Waals surface area contributed by atoms with Crippen molar-refractivity contribution in [1.82, 2.24) is 10.2 Å². The normalized spacial score (nSPS) is 10.7. The quantitative estimate of drug-likeness (QED) is 0.510. The number of carbonyl (C=O) groups excluding carboxylic acids is 1. The lowest BCUT2D eigenvalue weighted by molar-refractivity contribution is -0.122. The van der Waals surface area contributed by atoms with Gasteiger partial charge in [-0.05, 0) is 13.0 Å². The van der Waals surface area contributed by atoms with Gasteiger partial charge in [-0.25, -0.2) is 0 Å². The summed E-state index contributed by atoms with van der Waals surface area (Å²) < 4.78 is 4.87. The van der Waals surface area contributed by atoms with E-state index in [9.17, 15) is 4.79 Å². The first-order chi connectivity index (χ1) is 7.24. The molecule has 0 atom stereocenters. The smallest absolute Gasteiger partial charge is 0.234 e. The Hall–Kier alpha value is -0.650. The Kier molecular flexibility index (Phi) is 9.46. The average Bonchev–Trinajstić information content (AvgIpc) is 2.24. The molecule has 0 saturated heterocycles. The molecule has 5 nitrogen and oxygen atoms in total. The zero-order valence-electron chi connectivity index (χ0n) is 9.66. The molecule has 0 aliphatic heterocycles. The van der Waals surface area contributed by atoms with Gasteiger partial charge in [0.25, 0.3) is 0 Å². The topological polar surface area (TPSA) is 61.8 Å². The van der Waals surface area contributed by atoms with Crippen LogP contribution in [0.2, 0.25) is 0 Å². The van der Waals surface area contributed by atoms with E-state index in [2.05, 4.69) is 5.32 Å². The van der Waals surface area contributed by atoms with Crippen molar-refractivity contribution in [1.29, 1.82) is 0 Å². The minimum Gasteiger partial charge on any atom is -0.395 e. The third kappa shape index (κ3) is 8.35. The number of rotatable bonds is 9. The number of nitrogens with one attached hydrogen (secondary N) is 1. The fourth-order valence-corrected chi connectivity index (χ4v) is 1.19. The number of aliphatic hydroxyl groups excluding tert-OH is 1. The van der Waals surface area contributed by atoms with Gasteiger partial charge in [0.05, 0.1) is 13.2 Å². The van der Waals surface area contributed by atoms with Gasteiger partial charge in [0, 0.05) is 26.8 Å². The molecule has 0 spiro atoms. The first-order valence-corrected chi connectivity index (χ1v) is 5.33. The maximum Gasteiger partial charge on any atom is 0.234 e. The third-order valence-corrected chi connectivity index (χ3v) is 2.08. The van der Waals surface area contributed by atoms with E-state index in [0.29, 0.717) is 26.2 Å². The lowest BCUT2D eigenvalue weighted by Gasteiger charge is -2.18. The van der Waals surface area contributed by atoms with E-state index in [1.807, 2.05) is 11.8 Å². The molecule has 0 fully saturated rings. The third-order valence-electron chi connectivity index (χ3n) is 2.08. The molecular weight excluding hydrogens is 196 g/mol. The Bertz CT molecular complexity index is 165. The van der Waals surface area contributed by atoms with E-state index in [1.54, 1.807) is 7.11 Å². The number of methoxy groups -OCH3 is 1. The van der Waals surface area contributed by atoms with Crippen molar-refractivity contribution in [2.45, 2.75) is 13.3 Å². The Labute approximate surface area is 91.4 Å². The highest BCUT2D eigenvalue weighted by Crippen LogP contribution is 1.86. The van der Waals surface area contributed by atoms with Gasteiger partial charge >= 0.3 is 0 Å². The molecule has 0 saturated carbocycles. The van der Waals surface area contributed by atoms with Crippen LogP contribution in [0.3, 0.4) is 0 Å². The number of aliphatic hydroxyl groups is 1. The lowest BCUT2D eigenvalue weighted by Crippen LogP contribution is -2.39. The van der Waals surface area contributed by atoms with Gasteiger partial charge in [-0.2, -0.15) is 0 Å². The zero-order chi connectivity index (χ0) is 11.5. The molecule has 2 N–H and O–H groups in total. The standard InChI is InChI=1S/C10H22N2O3/c1-3-12(6-7-13)9-10(14)11-5-4-8-15-2/h13H,3-9H2,1-2H3,(H,11,14). The molecule has 15 heavy (non-hydrogen) atoms. The van der Waals surface area contributed by atoms with Crippen molar-refractivity contribution in [3.8, 4) is 0 Å². The molecule has 5 heteroatoms. The molecule has 90 valence electrons. The summed E-state index contributed by atoms with van der Waals surface area (Å²) in [7, 11) is 1.64.